The third-order valence-electron chi connectivity index (χ3n) is 4.06. The fourth-order valence-corrected chi connectivity index (χ4v) is 2.97. The number of fused-ring (bicyclic) bond motifs is 1. The Balaban J connectivity index is 1.74. The van der Waals surface area contributed by atoms with Gasteiger partial charge in [0.1, 0.15) is 0 Å². The van der Waals surface area contributed by atoms with Gasteiger partial charge in [-0.15, -0.1) is 11.6 Å². The number of hydrogen-bond acceptors (Lipinski definition) is 1. The van der Waals surface area contributed by atoms with Crippen molar-refractivity contribution in [3.8, 4) is 0 Å². The molecule has 0 bridgehead atoms. The fourth-order valence-electron chi connectivity index (χ4n) is 2.79. The summed E-state index contributed by atoms with van der Waals surface area (Å²) in [5.74, 6) is 0.594. The summed E-state index contributed by atoms with van der Waals surface area (Å²) in [6, 6.07) is 16.1. The summed E-state index contributed by atoms with van der Waals surface area (Å²) in [5, 5.41) is 0. The van der Waals surface area contributed by atoms with E-state index < -0.39 is 0 Å². The number of amides is 1. The predicted molar refractivity (Wildman–Crippen MR) is 85.8 cm³/mol. The highest BCUT2D eigenvalue weighted by molar-refractivity contribution is 6.17. The van der Waals surface area contributed by atoms with Crippen molar-refractivity contribution in [2.45, 2.75) is 18.7 Å². The summed E-state index contributed by atoms with van der Waals surface area (Å²) in [4.78, 5) is 14.6. The normalized spacial score (nSPS) is 14.4. The van der Waals surface area contributed by atoms with E-state index in [2.05, 4.69) is 24.3 Å². The van der Waals surface area contributed by atoms with Crippen LogP contribution in [0.1, 0.15) is 27.0 Å². The number of carbonyl (C=O) groups excluding carboxylic acids is 1. The quantitative estimate of drug-likeness (QED) is 0.775. The zero-order valence-electron chi connectivity index (χ0n) is 11.9. The Morgan fingerprint density at radius 3 is 2.05 bits per heavy atom. The molecule has 0 spiro atoms. The molecule has 0 saturated carbocycles. The minimum Gasteiger partial charge on any atom is -0.338 e. The Bertz CT molecular complexity index is 609. The van der Waals surface area contributed by atoms with E-state index in [1.54, 1.807) is 0 Å². The first-order valence-corrected chi connectivity index (χ1v) is 7.82. The van der Waals surface area contributed by atoms with Gasteiger partial charge in [0.2, 0.25) is 0 Å². The molecule has 0 N–H and O–H groups in total. The zero-order valence-corrected chi connectivity index (χ0v) is 12.6. The van der Waals surface area contributed by atoms with Gasteiger partial charge in [0.05, 0.1) is 0 Å². The Hall–Kier alpha value is -1.80. The minimum absolute atomic E-state index is 0.115. The van der Waals surface area contributed by atoms with Gasteiger partial charge in [-0.25, -0.2) is 0 Å². The van der Waals surface area contributed by atoms with Crippen molar-refractivity contribution in [2.24, 2.45) is 0 Å². The van der Waals surface area contributed by atoms with E-state index in [-0.39, 0.29) is 5.91 Å². The molecule has 3 rings (SSSR count). The number of halogens is 1. The molecule has 2 aromatic rings. The zero-order chi connectivity index (χ0) is 14.7. The first kappa shape index (κ1) is 14.2. The summed E-state index contributed by atoms with van der Waals surface area (Å²) < 4.78 is 0. The molecule has 21 heavy (non-hydrogen) atoms. The van der Waals surface area contributed by atoms with Crippen molar-refractivity contribution >= 4 is 17.5 Å². The van der Waals surface area contributed by atoms with Crippen LogP contribution in [-0.4, -0.2) is 23.9 Å². The van der Waals surface area contributed by atoms with E-state index in [1.807, 2.05) is 29.2 Å². The first-order chi connectivity index (χ1) is 10.3. The molecule has 0 unspecified atom stereocenters. The number of rotatable bonds is 2. The third kappa shape index (κ3) is 3.11. The van der Waals surface area contributed by atoms with Crippen molar-refractivity contribution in [3.63, 3.8) is 0 Å². The second-order valence-corrected chi connectivity index (χ2v) is 5.66. The van der Waals surface area contributed by atoms with E-state index >= 15 is 0 Å². The number of nitrogens with zero attached hydrogens (tertiary/aromatic N) is 1. The second-order valence-electron chi connectivity index (χ2n) is 5.39. The highest BCUT2D eigenvalue weighted by Crippen LogP contribution is 2.17. The molecule has 0 fully saturated rings. The maximum atomic E-state index is 12.6. The van der Waals surface area contributed by atoms with Crippen molar-refractivity contribution in [1.29, 1.82) is 0 Å². The molecule has 2 nitrogen and oxygen atoms in total. The molecule has 108 valence electrons. The summed E-state index contributed by atoms with van der Waals surface area (Å²) >= 11 is 5.79. The lowest BCUT2D eigenvalue weighted by Gasteiger charge is -2.20. The monoisotopic (exact) mass is 299 g/mol. The molecule has 1 aliphatic heterocycles. The number of carbonyl (C=O) groups is 1. The number of benzene rings is 2. The van der Waals surface area contributed by atoms with Gasteiger partial charge >= 0.3 is 0 Å². The van der Waals surface area contributed by atoms with Crippen LogP contribution in [0.2, 0.25) is 0 Å². The molecular weight excluding hydrogens is 282 g/mol. The standard InChI is InChI=1S/C18H18ClNO/c19-13-14-5-7-17(8-6-14)18(21)20-11-9-15-3-1-2-4-16(15)10-12-20/h1-8H,9-13H2. The topological polar surface area (TPSA) is 20.3 Å². The van der Waals surface area contributed by atoms with E-state index in [9.17, 15) is 4.79 Å². The lowest BCUT2D eigenvalue weighted by atomic mass is 10.0. The van der Waals surface area contributed by atoms with Crippen molar-refractivity contribution in [2.75, 3.05) is 13.1 Å². The number of alkyl halides is 1. The minimum atomic E-state index is 0.115. The maximum absolute atomic E-state index is 12.6. The molecule has 1 heterocycles. The van der Waals surface area contributed by atoms with Gasteiger partial charge in [0.15, 0.2) is 0 Å². The van der Waals surface area contributed by atoms with Gasteiger partial charge in [0.25, 0.3) is 5.91 Å². The van der Waals surface area contributed by atoms with Gasteiger partial charge < -0.3 is 4.90 Å². The average molecular weight is 300 g/mol. The van der Waals surface area contributed by atoms with Crippen LogP contribution in [-0.2, 0) is 18.7 Å². The lowest BCUT2D eigenvalue weighted by molar-refractivity contribution is 0.0763. The van der Waals surface area contributed by atoms with Crippen LogP contribution in [0.5, 0.6) is 0 Å². The smallest absolute Gasteiger partial charge is 0.253 e. The van der Waals surface area contributed by atoms with Crippen LogP contribution in [0.25, 0.3) is 0 Å². The molecule has 0 aromatic heterocycles. The predicted octanol–water partition coefficient (Wildman–Crippen LogP) is 3.67. The largest absolute Gasteiger partial charge is 0.338 e. The Morgan fingerprint density at radius 2 is 1.52 bits per heavy atom. The van der Waals surface area contributed by atoms with Gasteiger partial charge in [-0.1, -0.05) is 36.4 Å². The molecule has 0 saturated heterocycles. The van der Waals surface area contributed by atoms with Crippen molar-refractivity contribution < 1.29 is 4.79 Å². The molecular formula is C18H18ClNO. The molecule has 0 atom stereocenters. The van der Waals surface area contributed by atoms with Crippen LogP contribution in [0.15, 0.2) is 48.5 Å². The highest BCUT2D eigenvalue weighted by Gasteiger charge is 2.19. The lowest BCUT2D eigenvalue weighted by Crippen LogP contribution is -2.33. The van der Waals surface area contributed by atoms with Gasteiger partial charge in [-0.3, -0.25) is 4.79 Å². The van der Waals surface area contributed by atoms with Gasteiger partial charge in [0, 0.05) is 24.5 Å². The summed E-state index contributed by atoms with van der Waals surface area (Å²) in [7, 11) is 0. The maximum Gasteiger partial charge on any atom is 0.253 e. The first-order valence-electron chi connectivity index (χ1n) is 7.29. The average Bonchev–Trinajstić information content (AvgIpc) is 2.77. The Morgan fingerprint density at radius 1 is 0.952 bits per heavy atom. The summed E-state index contributed by atoms with van der Waals surface area (Å²) in [5.41, 5.74) is 4.52. The Kier molecular flexibility index (Phi) is 4.26. The summed E-state index contributed by atoms with van der Waals surface area (Å²) in [6.45, 7) is 1.57. The van der Waals surface area contributed by atoms with Crippen molar-refractivity contribution in [3.05, 3.63) is 70.8 Å². The van der Waals surface area contributed by atoms with Crippen LogP contribution < -0.4 is 0 Å². The third-order valence-corrected chi connectivity index (χ3v) is 4.37. The van der Waals surface area contributed by atoms with E-state index in [4.69, 9.17) is 11.6 Å². The summed E-state index contributed by atoms with van der Waals surface area (Å²) in [6.07, 6.45) is 1.86. The van der Waals surface area contributed by atoms with Crippen LogP contribution >= 0.6 is 11.6 Å². The van der Waals surface area contributed by atoms with E-state index in [0.717, 1.165) is 37.1 Å². The van der Waals surface area contributed by atoms with Crippen LogP contribution in [0.4, 0.5) is 0 Å². The van der Waals surface area contributed by atoms with Crippen molar-refractivity contribution in [1.82, 2.24) is 4.90 Å². The second kappa shape index (κ2) is 6.31. The molecule has 3 heteroatoms. The molecule has 0 radical (unpaired) electrons. The SMILES string of the molecule is O=C(c1ccc(CCl)cc1)N1CCc2ccccc2CC1. The Labute approximate surface area is 130 Å². The van der Waals surface area contributed by atoms with E-state index in [0.29, 0.717) is 5.88 Å². The van der Waals surface area contributed by atoms with Crippen LogP contribution in [0, 0.1) is 0 Å². The van der Waals surface area contributed by atoms with E-state index in [1.165, 1.54) is 11.1 Å². The molecule has 1 amide bonds. The van der Waals surface area contributed by atoms with Crippen LogP contribution in [0.3, 0.4) is 0 Å². The molecule has 0 aliphatic carbocycles. The van der Waals surface area contributed by atoms with Gasteiger partial charge in [-0.05, 0) is 41.7 Å². The fraction of sp³-hybridized carbons (Fsp3) is 0.278. The molecule has 2 aromatic carbocycles. The molecule has 1 aliphatic rings. The number of hydrogen-bond donors (Lipinski definition) is 0. The highest BCUT2D eigenvalue weighted by atomic mass is 35.5. The van der Waals surface area contributed by atoms with Gasteiger partial charge in [-0.2, -0.15) is 0 Å².